The molecule has 1 fully saturated rings. The summed E-state index contributed by atoms with van der Waals surface area (Å²) in [6, 6.07) is 8.19. The predicted molar refractivity (Wildman–Crippen MR) is 80.7 cm³/mol. The molecule has 3 nitrogen and oxygen atoms in total. The summed E-state index contributed by atoms with van der Waals surface area (Å²) in [4.78, 5) is 14.1. The number of benzene rings is 1. The van der Waals surface area contributed by atoms with Crippen LogP contribution in [0, 0.1) is 0 Å². The summed E-state index contributed by atoms with van der Waals surface area (Å²) in [5, 5.41) is 0.720. The topological polar surface area (TPSA) is 46.3 Å². The van der Waals surface area contributed by atoms with Gasteiger partial charge in [-0.1, -0.05) is 23.7 Å². The first-order valence-corrected chi connectivity index (χ1v) is 6.78. The SMILES string of the molecule is CC(c1ccc(Cl)cc1)N(C(=O)CCN)C1CC1.Cl. The zero-order chi connectivity index (χ0) is 13.1. The Bertz CT molecular complexity index is 418. The van der Waals surface area contributed by atoms with Crippen LogP contribution in [0.3, 0.4) is 0 Å². The van der Waals surface area contributed by atoms with E-state index < -0.39 is 0 Å². The smallest absolute Gasteiger partial charge is 0.224 e. The van der Waals surface area contributed by atoms with Crippen molar-refractivity contribution in [2.75, 3.05) is 6.54 Å². The highest BCUT2D eigenvalue weighted by Gasteiger charge is 2.35. The molecule has 0 spiro atoms. The van der Waals surface area contributed by atoms with Crippen LogP contribution in [0.4, 0.5) is 0 Å². The molecule has 1 aromatic rings. The highest BCUT2D eigenvalue weighted by Crippen LogP contribution is 2.35. The zero-order valence-electron chi connectivity index (χ0n) is 11.0. The number of carbonyl (C=O) groups is 1. The lowest BCUT2D eigenvalue weighted by molar-refractivity contribution is -0.133. The molecule has 2 N–H and O–H groups in total. The summed E-state index contributed by atoms with van der Waals surface area (Å²) in [5.74, 6) is 0.155. The Morgan fingerprint density at radius 3 is 2.47 bits per heavy atom. The van der Waals surface area contributed by atoms with Crippen LogP contribution in [-0.2, 0) is 4.79 Å². The standard InChI is InChI=1S/C14H19ClN2O.ClH/c1-10(11-2-4-12(15)5-3-11)17(13-6-7-13)14(18)8-9-16;/h2-5,10,13H,6-9,16H2,1H3;1H. The largest absolute Gasteiger partial charge is 0.333 e. The predicted octanol–water partition coefficient (Wildman–Crippen LogP) is 3.16. The molecule has 0 bridgehead atoms. The van der Waals surface area contributed by atoms with E-state index in [-0.39, 0.29) is 24.4 Å². The van der Waals surface area contributed by atoms with Crippen molar-refractivity contribution in [1.82, 2.24) is 4.90 Å². The van der Waals surface area contributed by atoms with Crippen LogP contribution in [0.2, 0.25) is 5.02 Å². The van der Waals surface area contributed by atoms with Crippen LogP contribution in [0.25, 0.3) is 0 Å². The lowest BCUT2D eigenvalue weighted by Crippen LogP contribution is -2.36. The van der Waals surface area contributed by atoms with E-state index >= 15 is 0 Å². The van der Waals surface area contributed by atoms with Crippen LogP contribution in [0.15, 0.2) is 24.3 Å². The Hall–Kier alpha value is -0.770. The van der Waals surface area contributed by atoms with Crippen molar-refractivity contribution in [2.24, 2.45) is 5.73 Å². The molecule has 0 saturated heterocycles. The first kappa shape index (κ1) is 16.3. The number of amides is 1. The van der Waals surface area contributed by atoms with Gasteiger partial charge in [0.2, 0.25) is 5.91 Å². The molecule has 1 aromatic carbocycles. The van der Waals surface area contributed by atoms with Crippen molar-refractivity contribution in [3.8, 4) is 0 Å². The summed E-state index contributed by atoms with van der Waals surface area (Å²) >= 11 is 5.89. The third kappa shape index (κ3) is 4.10. The average Bonchev–Trinajstić information content (AvgIpc) is 3.15. The monoisotopic (exact) mass is 302 g/mol. The normalized spacial score (nSPS) is 15.5. The minimum atomic E-state index is 0. The number of hydrogen-bond acceptors (Lipinski definition) is 2. The van der Waals surface area contributed by atoms with Crippen LogP contribution in [-0.4, -0.2) is 23.4 Å². The maximum atomic E-state index is 12.1. The maximum absolute atomic E-state index is 12.1. The van der Waals surface area contributed by atoms with Crippen LogP contribution in [0.5, 0.6) is 0 Å². The van der Waals surface area contributed by atoms with Gasteiger partial charge < -0.3 is 10.6 Å². The fourth-order valence-electron chi connectivity index (χ4n) is 2.24. The van der Waals surface area contributed by atoms with Gasteiger partial charge in [-0.05, 0) is 37.5 Å². The molecule has 1 atom stereocenters. The van der Waals surface area contributed by atoms with Gasteiger partial charge in [0, 0.05) is 24.0 Å². The van der Waals surface area contributed by atoms with Crippen molar-refractivity contribution in [3.05, 3.63) is 34.9 Å². The van der Waals surface area contributed by atoms with E-state index in [2.05, 4.69) is 6.92 Å². The van der Waals surface area contributed by atoms with Gasteiger partial charge in [0.25, 0.3) is 0 Å². The van der Waals surface area contributed by atoms with Gasteiger partial charge in [0.05, 0.1) is 6.04 Å². The van der Waals surface area contributed by atoms with Crippen molar-refractivity contribution in [1.29, 1.82) is 0 Å². The number of rotatable bonds is 5. The molecule has 1 saturated carbocycles. The highest BCUT2D eigenvalue weighted by molar-refractivity contribution is 6.30. The number of hydrogen-bond donors (Lipinski definition) is 1. The molecule has 5 heteroatoms. The summed E-state index contributed by atoms with van der Waals surface area (Å²) in [5.41, 5.74) is 6.60. The second-order valence-electron chi connectivity index (χ2n) is 4.80. The second kappa shape index (κ2) is 7.13. The van der Waals surface area contributed by atoms with E-state index in [9.17, 15) is 4.79 Å². The summed E-state index contributed by atoms with van der Waals surface area (Å²) < 4.78 is 0. The Balaban J connectivity index is 0.00000180. The van der Waals surface area contributed by atoms with E-state index in [1.54, 1.807) is 0 Å². The van der Waals surface area contributed by atoms with E-state index in [0.717, 1.165) is 23.4 Å². The number of carbonyl (C=O) groups excluding carboxylic acids is 1. The molecule has 1 aliphatic rings. The molecule has 0 aliphatic heterocycles. The van der Waals surface area contributed by atoms with Crippen molar-refractivity contribution in [2.45, 2.75) is 38.3 Å². The van der Waals surface area contributed by atoms with E-state index in [0.29, 0.717) is 19.0 Å². The highest BCUT2D eigenvalue weighted by atomic mass is 35.5. The number of nitrogens with two attached hydrogens (primary N) is 1. The van der Waals surface area contributed by atoms with Crippen LogP contribution < -0.4 is 5.73 Å². The first-order chi connectivity index (χ1) is 8.63. The average molecular weight is 303 g/mol. The first-order valence-electron chi connectivity index (χ1n) is 6.40. The summed E-state index contributed by atoms with van der Waals surface area (Å²) in [6.45, 7) is 2.48. The van der Waals surface area contributed by atoms with Gasteiger partial charge in [-0.25, -0.2) is 0 Å². The molecular formula is C14H20Cl2N2O. The summed E-state index contributed by atoms with van der Waals surface area (Å²) in [7, 11) is 0. The molecular weight excluding hydrogens is 283 g/mol. The lowest BCUT2D eigenvalue weighted by Gasteiger charge is -2.30. The Morgan fingerprint density at radius 1 is 1.42 bits per heavy atom. The second-order valence-corrected chi connectivity index (χ2v) is 5.23. The number of halogens is 2. The maximum Gasteiger partial charge on any atom is 0.224 e. The molecule has 2 rings (SSSR count). The quantitative estimate of drug-likeness (QED) is 0.908. The number of nitrogens with zero attached hydrogens (tertiary/aromatic N) is 1. The van der Waals surface area contributed by atoms with E-state index in [1.807, 2.05) is 29.2 Å². The Morgan fingerprint density at radius 2 is 2.00 bits per heavy atom. The van der Waals surface area contributed by atoms with Crippen LogP contribution in [0.1, 0.15) is 37.8 Å². The van der Waals surface area contributed by atoms with Gasteiger partial charge >= 0.3 is 0 Å². The van der Waals surface area contributed by atoms with E-state index in [4.69, 9.17) is 17.3 Å². The van der Waals surface area contributed by atoms with Crippen LogP contribution >= 0.6 is 24.0 Å². The van der Waals surface area contributed by atoms with E-state index in [1.165, 1.54) is 0 Å². The van der Waals surface area contributed by atoms with Gasteiger partial charge in [-0.2, -0.15) is 0 Å². The van der Waals surface area contributed by atoms with Crippen molar-refractivity contribution < 1.29 is 4.79 Å². The molecule has 106 valence electrons. The minimum Gasteiger partial charge on any atom is -0.333 e. The van der Waals surface area contributed by atoms with Gasteiger partial charge in [-0.15, -0.1) is 12.4 Å². The molecule has 0 aromatic heterocycles. The molecule has 19 heavy (non-hydrogen) atoms. The fourth-order valence-corrected chi connectivity index (χ4v) is 2.37. The molecule has 1 aliphatic carbocycles. The van der Waals surface area contributed by atoms with Crippen molar-refractivity contribution in [3.63, 3.8) is 0 Å². The lowest BCUT2D eigenvalue weighted by atomic mass is 10.1. The Labute approximate surface area is 125 Å². The minimum absolute atomic E-state index is 0. The third-order valence-electron chi connectivity index (χ3n) is 3.36. The van der Waals surface area contributed by atoms with Crippen molar-refractivity contribution >= 4 is 29.9 Å². The molecule has 1 amide bonds. The summed E-state index contributed by atoms with van der Waals surface area (Å²) in [6.07, 6.45) is 2.64. The third-order valence-corrected chi connectivity index (χ3v) is 3.61. The van der Waals surface area contributed by atoms with Gasteiger partial charge in [0.15, 0.2) is 0 Å². The molecule has 0 heterocycles. The van der Waals surface area contributed by atoms with Gasteiger partial charge in [0.1, 0.15) is 0 Å². The van der Waals surface area contributed by atoms with Gasteiger partial charge in [-0.3, -0.25) is 4.79 Å². The fraction of sp³-hybridized carbons (Fsp3) is 0.500. The zero-order valence-corrected chi connectivity index (χ0v) is 12.6. The molecule has 0 radical (unpaired) electrons. The Kier molecular flexibility index (Phi) is 6.11. The molecule has 1 unspecified atom stereocenters.